The third kappa shape index (κ3) is 2.49. The van der Waals surface area contributed by atoms with Crippen molar-refractivity contribution < 1.29 is 9.53 Å². The number of ether oxygens (including phenoxy) is 1. The van der Waals surface area contributed by atoms with Crippen LogP contribution >= 0.6 is 11.8 Å². The highest BCUT2D eigenvalue weighted by atomic mass is 32.2. The van der Waals surface area contributed by atoms with Crippen molar-refractivity contribution in [2.75, 3.05) is 18.1 Å². The lowest BCUT2D eigenvalue weighted by Gasteiger charge is -2.42. The van der Waals surface area contributed by atoms with Gasteiger partial charge in [0.2, 0.25) is 0 Å². The highest BCUT2D eigenvalue weighted by Crippen LogP contribution is 2.45. The molecule has 102 valence electrons. The van der Waals surface area contributed by atoms with Gasteiger partial charge in [-0.2, -0.15) is 11.8 Å². The van der Waals surface area contributed by atoms with Crippen molar-refractivity contribution in [1.29, 1.82) is 0 Å². The van der Waals surface area contributed by atoms with E-state index < -0.39 is 0 Å². The van der Waals surface area contributed by atoms with Gasteiger partial charge in [0.1, 0.15) is 5.78 Å². The normalized spacial score (nSPS) is 45.6. The van der Waals surface area contributed by atoms with E-state index in [2.05, 4.69) is 6.92 Å². The monoisotopic (exact) mass is 268 g/mol. The topological polar surface area (TPSA) is 26.3 Å². The van der Waals surface area contributed by atoms with Crippen LogP contribution in [0.3, 0.4) is 0 Å². The predicted molar refractivity (Wildman–Crippen MR) is 74.9 cm³/mol. The molecule has 2 aliphatic heterocycles. The minimum absolute atomic E-state index is 0.133. The van der Waals surface area contributed by atoms with E-state index in [1.165, 1.54) is 12.2 Å². The van der Waals surface area contributed by atoms with Crippen molar-refractivity contribution in [1.82, 2.24) is 0 Å². The smallest absolute Gasteiger partial charge is 0.136 e. The summed E-state index contributed by atoms with van der Waals surface area (Å²) in [5.41, 5.74) is 0.133. The lowest BCUT2D eigenvalue weighted by Crippen LogP contribution is -2.44. The van der Waals surface area contributed by atoms with Gasteiger partial charge in [0.05, 0.1) is 5.60 Å². The van der Waals surface area contributed by atoms with Crippen molar-refractivity contribution in [2.45, 2.75) is 51.0 Å². The zero-order chi connectivity index (χ0) is 12.6. The predicted octanol–water partition coefficient (Wildman–Crippen LogP) is 3.29. The summed E-state index contributed by atoms with van der Waals surface area (Å²) in [7, 11) is 0. The second-order valence-corrected chi connectivity index (χ2v) is 7.64. The molecule has 1 saturated carbocycles. The quantitative estimate of drug-likeness (QED) is 0.730. The Kier molecular flexibility index (Phi) is 3.72. The fourth-order valence-electron chi connectivity index (χ4n) is 3.98. The standard InChI is InChI=1S/C15H24O2S/c1-11-2-3-14(16)13(8-11)12-4-6-17-15(9-12)5-7-18-10-15/h11-13H,2-10H2,1H3. The van der Waals surface area contributed by atoms with Crippen LogP contribution in [-0.4, -0.2) is 29.5 Å². The first kappa shape index (κ1) is 13.0. The van der Waals surface area contributed by atoms with Crippen LogP contribution in [-0.2, 0) is 9.53 Å². The summed E-state index contributed by atoms with van der Waals surface area (Å²) >= 11 is 2.02. The van der Waals surface area contributed by atoms with Gasteiger partial charge in [0, 0.05) is 24.7 Å². The molecule has 0 aromatic carbocycles. The zero-order valence-corrected chi connectivity index (χ0v) is 12.1. The second-order valence-electron chi connectivity index (χ2n) is 6.54. The third-order valence-electron chi connectivity index (χ3n) is 5.12. The molecule has 1 aliphatic carbocycles. The Morgan fingerprint density at radius 1 is 1.39 bits per heavy atom. The van der Waals surface area contributed by atoms with Gasteiger partial charge in [-0.25, -0.2) is 0 Å². The summed E-state index contributed by atoms with van der Waals surface area (Å²) in [5, 5.41) is 0. The molecule has 3 fully saturated rings. The molecule has 3 rings (SSSR count). The summed E-state index contributed by atoms with van der Waals surface area (Å²) in [4.78, 5) is 12.2. The average molecular weight is 268 g/mol. The molecule has 3 heteroatoms. The molecule has 0 bridgehead atoms. The Labute approximate surface area is 114 Å². The molecule has 4 unspecified atom stereocenters. The van der Waals surface area contributed by atoms with Crippen molar-refractivity contribution in [3.63, 3.8) is 0 Å². The Bertz CT molecular complexity index is 322. The maximum absolute atomic E-state index is 12.2. The summed E-state index contributed by atoms with van der Waals surface area (Å²) in [5.74, 6) is 4.62. The molecular weight excluding hydrogens is 244 g/mol. The van der Waals surface area contributed by atoms with Gasteiger partial charge >= 0.3 is 0 Å². The van der Waals surface area contributed by atoms with E-state index in [4.69, 9.17) is 4.74 Å². The van der Waals surface area contributed by atoms with Crippen molar-refractivity contribution in [3.05, 3.63) is 0 Å². The summed E-state index contributed by atoms with van der Waals surface area (Å²) in [6.07, 6.45) is 6.51. The van der Waals surface area contributed by atoms with E-state index in [1.807, 2.05) is 11.8 Å². The van der Waals surface area contributed by atoms with Gasteiger partial charge in [0.15, 0.2) is 0 Å². The number of carbonyl (C=O) groups is 1. The molecule has 1 spiro atoms. The minimum atomic E-state index is 0.133. The minimum Gasteiger partial charge on any atom is -0.374 e. The van der Waals surface area contributed by atoms with E-state index in [-0.39, 0.29) is 5.60 Å². The van der Waals surface area contributed by atoms with Crippen LogP contribution in [0.15, 0.2) is 0 Å². The second kappa shape index (κ2) is 5.16. The van der Waals surface area contributed by atoms with Crippen LogP contribution in [0.5, 0.6) is 0 Å². The Hall–Kier alpha value is -0.0200. The van der Waals surface area contributed by atoms with E-state index in [1.54, 1.807) is 0 Å². The van der Waals surface area contributed by atoms with Gasteiger partial charge in [-0.15, -0.1) is 0 Å². The highest BCUT2D eigenvalue weighted by molar-refractivity contribution is 7.99. The molecule has 18 heavy (non-hydrogen) atoms. The van der Waals surface area contributed by atoms with Crippen LogP contribution < -0.4 is 0 Å². The first-order valence-electron chi connectivity index (χ1n) is 7.43. The van der Waals surface area contributed by atoms with Crippen LogP contribution in [0.25, 0.3) is 0 Å². The number of hydrogen-bond acceptors (Lipinski definition) is 3. The number of Topliss-reactive ketones (excluding diaryl/α,β-unsaturated/α-hetero) is 1. The fraction of sp³-hybridized carbons (Fsp3) is 0.933. The van der Waals surface area contributed by atoms with Gasteiger partial charge in [0.25, 0.3) is 0 Å². The molecule has 0 aromatic rings. The molecule has 0 N–H and O–H groups in total. The van der Waals surface area contributed by atoms with Crippen molar-refractivity contribution >= 4 is 17.5 Å². The van der Waals surface area contributed by atoms with E-state index >= 15 is 0 Å². The number of hydrogen-bond donors (Lipinski definition) is 0. The first-order valence-corrected chi connectivity index (χ1v) is 8.58. The van der Waals surface area contributed by atoms with E-state index in [9.17, 15) is 4.79 Å². The lowest BCUT2D eigenvalue weighted by molar-refractivity contribution is -0.134. The van der Waals surface area contributed by atoms with Gasteiger partial charge in [-0.3, -0.25) is 4.79 Å². The Morgan fingerprint density at radius 2 is 2.28 bits per heavy atom. The fourth-order valence-corrected chi connectivity index (χ4v) is 5.36. The van der Waals surface area contributed by atoms with Gasteiger partial charge < -0.3 is 4.74 Å². The number of carbonyl (C=O) groups excluding carboxylic acids is 1. The van der Waals surface area contributed by atoms with Crippen LogP contribution in [0.2, 0.25) is 0 Å². The van der Waals surface area contributed by atoms with Crippen LogP contribution in [0.1, 0.15) is 45.4 Å². The van der Waals surface area contributed by atoms with E-state index in [0.29, 0.717) is 17.6 Å². The Balaban J connectivity index is 1.69. The van der Waals surface area contributed by atoms with E-state index in [0.717, 1.165) is 50.4 Å². The molecule has 3 aliphatic rings. The van der Waals surface area contributed by atoms with Crippen LogP contribution in [0, 0.1) is 17.8 Å². The highest BCUT2D eigenvalue weighted by Gasteiger charge is 2.44. The number of rotatable bonds is 1. The summed E-state index contributed by atoms with van der Waals surface area (Å²) < 4.78 is 6.08. The van der Waals surface area contributed by atoms with Crippen molar-refractivity contribution in [2.24, 2.45) is 17.8 Å². The number of thioether (sulfide) groups is 1. The molecule has 0 radical (unpaired) electrons. The zero-order valence-electron chi connectivity index (χ0n) is 11.3. The molecule has 0 aromatic heterocycles. The summed E-state index contributed by atoms with van der Waals surface area (Å²) in [6.45, 7) is 3.18. The Morgan fingerprint density at radius 3 is 3.06 bits per heavy atom. The lowest BCUT2D eigenvalue weighted by atomic mass is 9.69. The average Bonchev–Trinajstić information content (AvgIpc) is 2.80. The molecule has 2 heterocycles. The molecule has 4 atom stereocenters. The van der Waals surface area contributed by atoms with Crippen molar-refractivity contribution in [3.8, 4) is 0 Å². The SMILES string of the molecule is CC1CCC(=O)C(C2CCOC3(CCSC3)C2)C1. The van der Waals surface area contributed by atoms with Crippen LogP contribution in [0.4, 0.5) is 0 Å². The molecule has 2 saturated heterocycles. The third-order valence-corrected chi connectivity index (χ3v) is 6.34. The molecule has 2 nitrogen and oxygen atoms in total. The van der Waals surface area contributed by atoms with Gasteiger partial charge in [-0.05, 0) is 49.7 Å². The number of ketones is 1. The maximum Gasteiger partial charge on any atom is 0.136 e. The molecular formula is C15H24O2S. The molecule has 0 amide bonds. The first-order chi connectivity index (χ1) is 8.69. The largest absolute Gasteiger partial charge is 0.374 e. The maximum atomic E-state index is 12.2. The summed E-state index contributed by atoms with van der Waals surface area (Å²) in [6, 6.07) is 0. The van der Waals surface area contributed by atoms with Gasteiger partial charge in [-0.1, -0.05) is 6.92 Å².